The maximum absolute atomic E-state index is 2.48. The van der Waals surface area contributed by atoms with E-state index in [1.54, 1.807) is 0 Å². The van der Waals surface area contributed by atoms with Crippen LogP contribution >= 0.6 is 0 Å². The van der Waals surface area contributed by atoms with Gasteiger partial charge < -0.3 is 0 Å². The zero-order valence-electron chi connectivity index (χ0n) is 8.22. The molecule has 0 heterocycles. The lowest BCUT2D eigenvalue weighted by Gasteiger charge is -2.24. The fourth-order valence-electron chi connectivity index (χ4n) is 3.99. The monoisotopic (exact) mass is 152 g/mol. The first-order valence-corrected chi connectivity index (χ1v) is 5.05. The summed E-state index contributed by atoms with van der Waals surface area (Å²) in [6, 6.07) is 0. The fraction of sp³-hybridized carbons (Fsp3) is 1.00. The normalized spacial score (nSPS) is 53.5. The molecule has 2 fully saturated rings. The van der Waals surface area contributed by atoms with Crippen LogP contribution < -0.4 is 0 Å². The smallest absolute Gasteiger partial charge is 0.0292 e. The van der Waals surface area contributed by atoms with Crippen molar-refractivity contribution in [2.45, 2.75) is 40.5 Å². The van der Waals surface area contributed by atoms with Crippen molar-refractivity contribution in [3.05, 3.63) is 0 Å². The van der Waals surface area contributed by atoms with Gasteiger partial charge in [-0.2, -0.15) is 0 Å². The Morgan fingerprint density at radius 2 is 1.27 bits per heavy atom. The molecule has 0 radical (unpaired) electrons. The van der Waals surface area contributed by atoms with Crippen LogP contribution in [0.15, 0.2) is 0 Å². The highest BCUT2D eigenvalue weighted by atomic mass is 14.6. The SMILES string of the molecule is CC1C(C)C2CCC1C2(C)C. The standard InChI is InChI=1S/C11H20/c1-7-8(2)10-6-5-9(7)11(10,3)4/h7-10H,5-6H2,1-4H3. The summed E-state index contributed by atoms with van der Waals surface area (Å²) >= 11 is 0. The molecule has 0 aromatic rings. The van der Waals surface area contributed by atoms with Gasteiger partial charge in [0.25, 0.3) is 0 Å². The average molecular weight is 152 g/mol. The van der Waals surface area contributed by atoms with E-state index in [1.807, 2.05) is 0 Å². The molecule has 0 saturated heterocycles. The number of hydrogen-bond donors (Lipinski definition) is 0. The van der Waals surface area contributed by atoms with E-state index in [-0.39, 0.29) is 0 Å². The Bertz CT molecular complexity index is 151. The topological polar surface area (TPSA) is 0 Å². The Balaban J connectivity index is 2.31. The van der Waals surface area contributed by atoms with Gasteiger partial charge in [-0.05, 0) is 41.9 Å². The molecule has 0 aromatic heterocycles. The third-order valence-corrected chi connectivity index (χ3v) is 4.80. The third kappa shape index (κ3) is 0.761. The molecule has 0 nitrogen and oxygen atoms in total. The van der Waals surface area contributed by atoms with Crippen LogP contribution in [0.25, 0.3) is 0 Å². The minimum atomic E-state index is 0.666. The summed E-state index contributed by atoms with van der Waals surface area (Å²) in [6.45, 7) is 9.87. The van der Waals surface area contributed by atoms with E-state index in [0.717, 1.165) is 23.7 Å². The number of rotatable bonds is 0. The van der Waals surface area contributed by atoms with E-state index in [4.69, 9.17) is 0 Å². The number of hydrogen-bond acceptors (Lipinski definition) is 0. The lowest BCUT2D eigenvalue weighted by Crippen LogP contribution is -2.18. The molecule has 11 heavy (non-hydrogen) atoms. The van der Waals surface area contributed by atoms with Gasteiger partial charge >= 0.3 is 0 Å². The summed E-state index contributed by atoms with van der Waals surface area (Å²) < 4.78 is 0. The quantitative estimate of drug-likeness (QED) is 0.499. The van der Waals surface area contributed by atoms with Gasteiger partial charge in [0, 0.05) is 0 Å². The Kier molecular flexibility index (Phi) is 1.41. The molecule has 4 unspecified atom stereocenters. The van der Waals surface area contributed by atoms with Gasteiger partial charge in [-0.25, -0.2) is 0 Å². The minimum absolute atomic E-state index is 0.666. The van der Waals surface area contributed by atoms with Gasteiger partial charge in [0.1, 0.15) is 0 Å². The molecule has 0 heteroatoms. The summed E-state index contributed by atoms with van der Waals surface area (Å²) in [6.07, 6.45) is 3.01. The predicted octanol–water partition coefficient (Wildman–Crippen LogP) is 3.32. The van der Waals surface area contributed by atoms with Crippen LogP contribution in [0.5, 0.6) is 0 Å². The van der Waals surface area contributed by atoms with Crippen molar-refractivity contribution in [2.75, 3.05) is 0 Å². The van der Waals surface area contributed by atoms with Crippen LogP contribution in [0.1, 0.15) is 40.5 Å². The summed E-state index contributed by atoms with van der Waals surface area (Å²) in [5.41, 5.74) is 0.666. The molecule has 2 saturated carbocycles. The summed E-state index contributed by atoms with van der Waals surface area (Å²) in [5, 5.41) is 0. The van der Waals surface area contributed by atoms with E-state index in [9.17, 15) is 0 Å². The van der Waals surface area contributed by atoms with E-state index in [2.05, 4.69) is 27.7 Å². The highest BCUT2D eigenvalue weighted by Gasteiger charge is 2.55. The molecule has 2 bridgehead atoms. The van der Waals surface area contributed by atoms with Crippen molar-refractivity contribution in [2.24, 2.45) is 29.1 Å². The van der Waals surface area contributed by atoms with Crippen molar-refractivity contribution in [3.8, 4) is 0 Å². The van der Waals surface area contributed by atoms with Crippen molar-refractivity contribution in [3.63, 3.8) is 0 Å². The third-order valence-electron chi connectivity index (χ3n) is 4.80. The van der Waals surface area contributed by atoms with Gasteiger partial charge in [0.15, 0.2) is 0 Å². The van der Waals surface area contributed by atoms with Gasteiger partial charge in [-0.1, -0.05) is 27.7 Å². The second-order valence-corrected chi connectivity index (χ2v) is 5.33. The van der Waals surface area contributed by atoms with Crippen LogP contribution in [-0.4, -0.2) is 0 Å². The van der Waals surface area contributed by atoms with E-state index >= 15 is 0 Å². The van der Waals surface area contributed by atoms with Gasteiger partial charge in [-0.3, -0.25) is 0 Å². The first-order chi connectivity index (χ1) is 5.05. The van der Waals surface area contributed by atoms with Gasteiger partial charge in [-0.15, -0.1) is 0 Å². The largest absolute Gasteiger partial charge is 0.0620 e. The van der Waals surface area contributed by atoms with Crippen LogP contribution in [0.3, 0.4) is 0 Å². The van der Waals surface area contributed by atoms with Crippen LogP contribution in [-0.2, 0) is 0 Å². The Labute approximate surface area is 70.4 Å². The fourth-order valence-corrected chi connectivity index (χ4v) is 3.99. The Morgan fingerprint density at radius 1 is 0.909 bits per heavy atom. The van der Waals surface area contributed by atoms with Gasteiger partial charge in [0.2, 0.25) is 0 Å². The molecule has 0 N–H and O–H groups in total. The van der Waals surface area contributed by atoms with E-state index < -0.39 is 0 Å². The van der Waals surface area contributed by atoms with Crippen LogP contribution in [0.4, 0.5) is 0 Å². The van der Waals surface area contributed by atoms with Crippen molar-refractivity contribution >= 4 is 0 Å². The second-order valence-electron chi connectivity index (χ2n) is 5.33. The molecular weight excluding hydrogens is 132 g/mol. The maximum atomic E-state index is 2.48. The molecule has 2 rings (SSSR count). The average Bonchev–Trinajstić information content (AvgIpc) is 2.27. The minimum Gasteiger partial charge on any atom is -0.0620 e. The first kappa shape index (κ1) is 7.64. The summed E-state index contributed by atoms with van der Waals surface area (Å²) in [7, 11) is 0. The molecule has 2 aliphatic carbocycles. The highest BCUT2D eigenvalue weighted by Crippen LogP contribution is 2.62. The lowest BCUT2D eigenvalue weighted by atomic mass is 9.80. The molecule has 2 aliphatic rings. The molecular formula is C11H20. The molecule has 0 aliphatic heterocycles. The number of fused-ring (bicyclic) bond motifs is 2. The maximum Gasteiger partial charge on any atom is -0.0292 e. The zero-order chi connectivity index (χ0) is 8.22. The molecule has 0 spiro atoms. The van der Waals surface area contributed by atoms with Crippen molar-refractivity contribution in [1.29, 1.82) is 0 Å². The Morgan fingerprint density at radius 3 is 1.45 bits per heavy atom. The van der Waals surface area contributed by atoms with Gasteiger partial charge in [0.05, 0.1) is 0 Å². The molecule has 0 amide bonds. The Hall–Kier alpha value is 0. The van der Waals surface area contributed by atoms with Crippen LogP contribution in [0, 0.1) is 29.1 Å². The van der Waals surface area contributed by atoms with Crippen LogP contribution in [0.2, 0.25) is 0 Å². The molecule has 64 valence electrons. The first-order valence-electron chi connectivity index (χ1n) is 5.05. The summed E-state index contributed by atoms with van der Waals surface area (Å²) in [4.78, 5) is 0. The zero-order valence-corrected chi connectivity index (χ0v) is 8.22. The van der Waals surface area contributed by atoms with Crippen molar-refractivity contribution in [1.82, 2.24) is 0 Å². The highest BCUT2D eigenvalue weighted by molar-refractivity contribution is 5.04. The predicted molar refractivity (Wildman–Crippen MR) is 48.3 cm³/mol. The molecule has 4 atom stereocenters. The summed E-state index contributed by atoms with van der Waals surface area (Å²) in [5.74, 6) is 4.04. The molecule has 0 aromatic carbocycles. The lowest BCUT2D eigenvalue weighted by molar-refractivity contribution is 0.240. The second kappa shape index (κ2) is 2.02. The van der Waals surface area contributed by atoms with E-state index in [0.29, 0.717) is 5.41 Å². The van der Waals surface area contributed by atoms with Crippen molar-refractivity contribution < 1.29 is 0 Å². The van der Waals surface area contributed by atoms with E-state index in [1.165, 1.54) is 12.8 Å².